The van der Waals surface area contributed by atoms with Crippen molar-refractivity contribution in [3.8, 4) is 0 Å². The maximum atomic E-state index is 12.7. The number of carbonyl (C=O) groups excluding carboxylic acids is 2. The minimum Gasteiger partial charge on any atom is -0.462 e. The number of ether oxygens (including phenoxy) is 2. The number of unbranched alkanes of at least 4 members (excludes halogenated alkanes) is 9. The Labute approximate surface area is 360 Å². The van der Waals surface area contributed by atoms with Gasteiger partial charge in [0.15, 0.2) is 6.10 Å². The summed E-state index contributed by atoms with van der Waals surface area (Å²) in [7, 11) is -4.68. The van der Waals surface area contributed by atoms with Crippen LogP contribution in [0.1, 0.15) is 149 Å². The van der Waals surface area contributed by atoms with Gasteiger partial charge in [-0.3, -0.25) is 18.6 Å². The molecule has 0 bridgehead atoms. The monoisotopic (exact) mass is 871 g/mol. The van der Waals surface area contributed by atoms with Gasteiger partial charge in [0.1, 0.15) is 12.7 Å². The van der Waals surface area contributed by atoms with Crippen LogP contribution in [0.3, 0.4) is 0 Å². The van der Waals surface area contributed by atoms with Crippen molar-refractivity contribution in [1.82, 2.24) is 0 Å². The van der Waals surface area contributed by atoms with Gasteiger partial charge >= 0.3 is 19.8 Å². The molecule has 1 rings (SSSR count). The second-order valence-corrected chi connectivity index (χ2v) is 17.1. The van der Waals surface area contributed by atoms with E-state index in [0.717, 1.165) is 89.9 Å². The zero-order chi connectivity index (χ0) is 44.3. The van der Waals surface area contributed by atoms with E-state index in [1.807, 2.05) is 6.08 Å². The molecule has 14 heteroatoms. The number of carbonyl (C=O) groups is 2. The van der Waals surface area contributed by atoms with Crippen LogP contribution in [0.5, 0.6) is 0 Å². The van der Waals surface area contributed by atoms with Crippen molar-refractivity contribution in [3.05, 3.63) is 60.8 Å². The molecule has 8 atom stereocenters. The predicted octanol–water partition coefficient (Wildman–Crippen LogP) is 8.27. The summed E-state index contributed by atoms with van der Waals surface area (Å²) in [6.07, 6.45) is 32.5. The van der Waals surface area contributed by atoms with Gasteiger partial charge in [0, 0.05) is 25.2 Å². The molecule has 6 N–H and O–H groups in total. The molecular formula is C46H79O13P. The lowest BCUT2D eigenvalue weighted by atomic mass is 9.88. The van der Waals surface area contributed by atoms with Crippen LogP contribution in [0.4, 0.5) is 0 Å². The molecule has 1 aliphatic carbocycles. The van der Waals surface area contributed by atoms with Crippen LogP contribution in [0.2, 0.25) is 0 Å². The lowest BCUT2D eigenvalue weighted by Crippen LogP contribution is -2.29. The van der Waals surface area contributed by atoms with Crippen LogP contribution in [0.25, 0.3) is 0 Å². The summed E-state index contributed by atoms with van der Waals surface area (Å²) in [6.45, 7) is 1.89. The Hall–Kier alpha value is -2.45. The van der Waals surface area contributed by atoms with Crippen molar-refractivity contribution in [3.63, 3.8) is 0 Å². The summed E-state index contributed by atoms with van der Waals surface area (Å²) in [5.41, 5.74) is 0. The fourth-order valence-corrected chi connectivity index (χ4v) is 7.58. The first-order chi connectivity index (χ1) is 28.9. The average molecular weight is 871 g/mol. The molecule has 1 unspecified atom stereocenters. The van der Waals surface area contributed by atoms with E-state index in [-0.39, 0.29) is 24.7 Å². The first-order valence-electron chi connectivity index (χ1n) is 22.5. The molecule has 0 amide bonds. The molecule has 0 aromatic rings. The van der Waals surface area contributed by atoms with Crippen LogP contribution in [0, 0.1) is 11.8 Å². The normalized spacial score (nSPS) is 21.1. The van der Waals surface area contributed by atoms with Gasteiger partial charge in [-0.1, -0.05) is 126 Å². The molecule has 0 radical (unpaired) electrons. The molecule has 0 aromatic heterocycles. The second kappa shape index (κ2) is 36.1. The first-order valence-corrected chi connectivity index (χ1v) is 24.0. The first kappa shape index (κ1) is 55.6. The summed E-state index contributed by atoms with van der Waals surface area (Å²) in [5.74, 6) is -1.42. The Morgan fingerprint density at radius 3 is 1.97 bits per heavy atom. The van der Waals surface area contributed by atoms with Gasteiger partial charge in [-0.2, -0.15) is 0 Å². The van der Waals surface area contributed by atoms with Gasteiger partial charge < -0.3 is 39.9 Å². The molecule has 60 heavy (non-hydrogen) atoms. The molecule has 0 aliphatic heterocycles. The van der Waals surface area contributed by atoms with Crippen molar-refractivity contribution in [2.75, 3.05) is 26.4 Å². The average Bonchev–Trinajstić information content (AvgIpc) is 3.49. The van der Waals surface area contributed by atoms with E-state index in [4.69, 9.17) is 19.1 Å². The molecular weight excluding hydrogens is 791 g/mol. The third kappa shape index (κ3) is 29.7. The predicted molar refractivity (Wildman–Crippen MR) is 235 cm³/mol. The number of aliphatic hydroxyl groups excluding tert-OH is 5. The number of allylic oxidation sites excluding steroid dienone is 8. The molecule has 0 aromatic carbocycles. The molecule has 0 spiro atoms. The third-order valence-corrected chi connectivity index (χ3v) is 11.2. The van der Waals surface area contributed by atoms with E-state index < -0.39 is 76.7 Å². The zero-order valence-corrected chi connectivity index (χ0v) is 37.4. The number of rotatable bonds is 37. The van der Waals surface area contributed by atoms with E-state index in [9.17, 15) is 39.5 Å². The van der Waals surface area contributed by atoms with Crippen molar-refractivity contribution in [2.45, 2.75) is 179 Å². The van der Waals surface area contributed by atoms with Gasteiger partial charge in [0.25, 0.3) is 0 Å². The van der Waals surface area contributed by atoms with E-state index >= 15 is 0 Å². The lowest BCUT2D eigenvalue weighted by Gasteiger charge is -2.21. The SMILES string of the molecule is CC/C=C\C/C=C\C/C=C\C/C=C\CCCCCCC(=O)O[C@H](COC(=O)CCCCCC[C@@H]1[C@@H](/C=C/[C@@H](O)CCCCC)[C@H](O)C[C@@H]1O)COP(=O)(O)OC[C@@H](O)CO. The minimum absolute atomic E-state index is 0.105. The van der Waals surface area contributed by atoms with Gasteiger partial charge in [-0.25, -0.2) is 4.57 Å². The van der Waals surface area contributed by atoms with Crippen LogP contribution in [-0.4, -0.2) is 99.3 Å². The van der Waals surface area contributed by atoms with Crippen molar-refractivity contribution in [2.24, 2.45) is 11.8 Å². The fraction of sp³-hybridized carbons (Fsp3) is 0.739. The number of phosphoric ester groups is 1. The fourth-order valence-electron chi connectivity index (χ4n) is 6.79. The van der Waals surface area contributed by atoms with Crippen LogP contribution in [0.15, 0.2) is 60.8 Å². The van der Waals surface area contributed by atoms with Crippen LogP contribution in [-0.2, 0) is 32.7 Å². The highest BCUT2D eigenvalue weighted by Gasteiger charge is 2.39. The summed E-state index contributed by atoms with van der Waals surface area (Å²) >= 11 is 0. The molecule has 1 fully saturated rings. The largest absolute Gasteiger partial charge is 0.472 e. The summed E-state index contributed by atoms with van der Waals surface area (Å²) in [4.78, 5) is 35.2. The van der Waals surface area contributed by atoms with Gasteiger partial charge in [0.2, 0.25) is 0 Å². The summed E-state index contributed by atoms with van der Waals surface area (Å²) in [6, 6.07) is 0. The number of hydrogen-bond acceptors (Lipinski definition) is 12. The van der Waals surface area contributed by atoms with E-state index in [2.05, 4.69) is 67.0 Å². The smallest absolute Gasteiger partial charge is 0.462 e. The lowest BCUT2D eigenvalue weighted by molar-refractivity contribution is -0.161. The molecule has 1 saturated carbocycles. The maximum Gasteiger partial charge on any atom is 0.472 e. The molecule has 1 aliphatic rings. The Bertz CT molecular complexity index is 1300. The molecule has 346 valence electrons. The highest BCUT2D eigenvalue weighted by atomic mass is 31.2. The topological polar surface area (TPSA) is 210 Å². The van der Waals surface area contributed by atoms with Crippen LogP contribution >= 0.6 is 7.82 Å². The van der Waals surface area contributed by atoms with Crippen molar-refractivity contribution >= 4 is 19.8 Å². The zero-order valence-electron chi connectivity index (χ0n) is 36.5. The number of aliphatic hydroxyl groups is 5. The van der Waals surface area contributed by atoms with Crippen molar-refractivity contribution in [1.29, 1.82) is 0 Å². The highest BCUT2D eigenvalue weighted by Crippen LogP contribution is 2.43. The molecule has 0 saturated heterocycles. The minimum atomic E-state index is -4.68. The van der Waals surface area contributed by atoms with E-state index in [0.29, 0.717) is 32.1 Å². The maximum absolute atomic E-state index is 12.7. The van der Waals surface area contributed by atoms with Gasteiger partial charge in [0.05, 0.1) is 38.1 Å². The number of hydrogen-bond donors (Lipinski definition) is 6. The van der Waals surface area contributed by atoms with Gasteiger partial charge in [-0.15, -0.1) is 0 Å². The Morgan fingerprint density at radius 1 is 0.717 bits per heavy atom. The highest BCUT2D eigenvalue weighted by molar-refractivity contribution is 7.47. The third-order valence-electron chi connectivity index (χ3n) is 10.3. The molecule has 13 nitrogen and oxygen atoms in total. The quantitative estimate of drug-likeness (QED) is 0.0151. The summed E-state index contributed by atoms with van der Waals surface area (Å²) in [5, 5.41) is 49.7. The number of esters is 2. The van der Waals surface area contributed by atoms with Crippen molar-refractivity contribution < 1.29 is 63.1 Å². The Kier molecular flexibility index (Phi) is 33.4. The summed E-state index contributed by atoms with van der Waals surface area (Å²) < 4.78 is 32.7. The number of phosphoric acid groups is 1. The van der Waals surface area contributed by atoms with Crippen LogP contribution < -0.4 is 0 Å². The second-order valence-electron chi connectivity index (χ2n) is 15.7. The standard InChI is InChI=1S/C46H79O13P/c1-3-5-7-8-9-10-11-12-13-14-15-16-17-18-19-20-26-30-46(53)59-40(37-58-60(54,55)57-35-39(49)34-47)36-56-45(52)29-25-22-21-24-28-41-42(44(51)33-43(41)50)32-31-38(48)27-23-6-4-2/h5,7,9-10,12-13,15-16,31-32,38-44,47-51H,3-4,6,8,11,14,17-30,33-37H2,1-2H3,(H,54,55)/b7-5-,10-9-,13-12-,16-15-,32-31+/t38-,39-,40+,41+,42+,43-,44+/m0/s1. The van der Waals surface area contributed by atoms with E-state index in [1.54, 1.807) is 6.08 Å². The van der Waals surface area contributed by atoms with Gasteiger partial charge in [-0.05, 0) is 70.1 Å². The van der Waals surface area contributed by atoms with E-state index in [1.165, 1.54) is 0 Å². The Morgan fingerprint density at radius 2 is 1.32 bits per heavy atom. The molecule has 0 heterocycles. The Balaban J connectivity index is 2.45.